The summed E-state index contributed by atoms with van der Waals surface area (Å²) in [5, 5.41) is 9.20. The summed E-state index contributed by atoms with van der Waals surface area (Å²) in [5.74, 6) is 1.25. The summed E-state index contributed by atoms with van der Waals surface area (Å²) in [4.78, 5) is 2.22. The van der Waals surface area contributed by atoms with Crippen molar-refractivity contribution in [3.05, 3.63) is 29.3 Å². The first-order chi connectivity index (χ1) is 8.17. The van der Waals surface area contributed by atoms with Crippen molar-refractivity contribution in [2.45, 2.75) is 31.7 Å². The number of anilines is 1. The molecule has 1 aliphatic rings. The van der Waals surface area contributed by atoms with Crippen LogP contribution in [0.1, 0.15) is 30.9 Å². The van der Waals surface area contributed by atoms with Gasteiger partial charge in [0.1, 0.15) is 6.07 Å². The van der Waals surface area contributed by atoms with E-state index in [1.54, 1.807) is 0 Å². The lowest BCUT2D eigenvalue weighted by atomic mass is 10.1. The summed E-state index contributed by atoms with van der Waals surface area (Å²) in [6, 6.07) is 8.66. The lowest BCUT2D eigenvalue weighted by Gasteiger charge is -2.28. The van der Waals surface area contributed by atoms with E-state index in [4.69, 9.17) is 11.6 Å². The highest BCUT2D eigenvalue weighted by Gasteiger charge is 2.31. The average Bonchev–Trinajstić information content (AvgIpc) is 3.20. The zero-order valence-corrected chi connectivity index (χ0v) is 11.0. The van der Waals surface area contributed by atoms with Gasteiger partial charge in [-0.2, -0.15) is 5.26 Å². The number of hydrogen-bond acceptors (Lipinski definition) is 2. The number of rotatable bonds is 4. The van der Waals surface area contributed by atoms with Gasteiger partial charge in [-0.15, -0.1) is 11.6 Å². The zero-order valence-electron chi connectivity index (χ0n) is 10.3. The second-order valence-corrected chi connectivity index (χ2v) is 5.05. The Morgan fingerprint density at radius 1 is 1.53 bits per heavy atom. The Morgan fingerprint density at radius 3 is 2.76 bits per heavy atom. The minimum Gasteiger partial charge on any atom is -0.371 e. The van der Waals surface area contributed by atoms with Crippen molar-refractivity contribution < 1.29 is 0 Å². The van der Waals surface area contributed by atoms with Crippen LogP contribution >= 0.6 is 11.6 Å². The van der Waals surface area contributed by atoms with Crippen molar-refractivity contribution >= 4 is 17.3 Å². The number of nitrogens with zero attached hydrogens (tertiary/aromatic N) is 2. The van der Waals surface area contributed by atoms with E-state index < -0.39 is 0 Å². The molecule has 2 nitrogen and oxygen atoms in total. The molecule has 1 fully saturated rings. The molecule has 1 aromatic rings. The molecule has 3 heteroatoms. The first-order valence-electron chi connectivity index (χ1n) is 5.99. The van der Waals surface area contributed by atoms with E-state index in [2.05, 4.69) is 24.9 Å². The Labute approximate surface area is 108 Å². The molecule has 0 N–H and O–H groups in total. The molecular formula is C14H17ClN2. The van der Waals surface area contributed by atoms with Crippen LogP contribution in [-0.2, 0) is 5.88 Å². The predicted molar refractivity (Wildman–Crippen MR) is 71.3 cm³/mol. The molecule has 1 aliphatic carbocycles. The van der Waals surface area contributed by atoms with Crippen molar-refractivity contribution in [1.82, 2.24) is 0 Å². The van der Waals surface area contributed by atoms with Gasteiger partial charge in [0.25, 0.3) is 0 Å². The average molecular weight is 249 g/mol. The van der Waals surface area contributed by atoms with Crippen molar-refractivity contribution in [2.75, 3.05) is 11.9 Å². The fourth-order valence-electron chi connectivity index (χ4n) is 2.18. The van der Waals surface area contributed by atoms with Crippen molar-refractivity contribution in [1.29, 1.82) is 5.26 Å². The van der Waals surface area contributed by atoms with E-state index in [0.717, 1.165) is 22.7 Å². The maximum Gasteiger partial charge on any atom is 0.101 e. The van der Waals surface area contributed by atoms with E-state index in [1.165, 1.54) is 12.8 Å². The van der Waals surface area contributed by atoms with Crippen molar-refractivity contribution in [2.24, 2.45) is 5.92 Å². The second-order valence-electron chi connectivity index (χ2n) is 4.79. The van der Waals surface area contributed by atoms with Gasteiger partial charge in [0.2, 0.25) is 0 Å². The third-order valence-electron chi connectivity index (χ3n) is 3.63. The standard InChI is InChI=1S/C14H17ClN2/c1-10(12-4-5-12)17(2)14-6-3-11(8-15)7-13(14)9-16/h3,6-7,10,12H,4-5,8H2,1-2H3. The van der Waals surface area contributed by atoms with E-state index in [1.807, 2.05) is 18.2 Å². The monoisotopic (exact) mass is 248 g/mol. The minimum absolute atomic E-state index is 0.455. The Bertz CT molecular complexity index is 446. The lowest BCUT2D eigenvalue weighted by Crippen LogP contribution is -2.31. The van der Waals surface area contributed by atoms with Gasteiger partial charge in [-0.05, 0) is 43.4 Å². The molecule has 0 radical (unpaired) electrons. The third-order valence-corrected chi connectivity index (χ3v) is 3.94. The maximum atomic E-state index is 9.20. The molecule has 0 heterocycles. The number of hydrogen-bond donors (Lipinski definition) is 0. The summed E-state index contributed by atoms with van der Waals surface area (Å²) in [6.45, 7) is 2.23. The van der Waals surface area contributed by atoms with E-state index in [0.29, 0.717) is 11.9 Å². The smallest absolute Gasteiger partial charge is 0.101 e. The Morgan fingerprint density at radius 2 is 2.24 bits per heavy atom. The SMILES string of the molecule is CC(C1CC1)N(C)c1ccc(CCl)cc1C#N. The Balaban J connectivity index is 2.27. The van der Waals surface area contributed by atoms with Gasteiger partial charge >= 0.3 is 0 Å². The van der Waals surface area contributed by atoms with Crippen LogP contribution in [0.15, 0.2) is 18.2 Å². The number of benzene rings is 1. The van der Waals surface area contributed by atoms with Crippen molar-refractivity contribution in [3.63, 3.8) is 0 Å². The van der Waals surface area contributed by atoms with Gasteiger partial charge in [0.05, 0.1) is 11.3 Å². The highest BCUT2D eigenvalue weighted by molar-refractivity contribution is 6.17. The number of alkyl halides is 1. The van der Waals surface area contributed by atoms with Gasteiger partial charge in [0.15, 0.2) is 0 Å². The quantitative estimate of drug-likeness (QED) is 0.763. The molecule has 1 unspecified atom stereocenters. The van der Waals surface area contributed by atoms with Gasteiger partial charge < -0.3 is 4.90 Å². The highest BCUT2D eigenvalue weighted by Crippen LogP contribution is 2.37. The molecule has 2 rings (SSSR count). The predicted octanol–water partition coefficient (Wildman–Crippen LogP) is 3.53. The van der Waals surface area contributed by atoms with Gasteiger partial charge in [-0.25, -0.2) is 0 Å². The van der Waals surface area contributed by atoms with Crippen LogP contribution < -0.4 is 4.90 Å². The Kier molecular flexibility index (Phi) is 3.59. The second kappa shape index (κ2) is 4.98. The first-order valence-corrected chi connectivity index (χ1v) is 6.52. The maximum absolute atomic E-state index is 9.20. The Hall–Kier alpha value is -1.20. The zero-order chi connectivity index (χ0) is 12.4. The molecule has 17 heavy (non-hydrogen) atoms. The molecular weight excluding hydrogens is 232 g/mol. The van der Waals surface area contributed by atoms with Gasteiger partial charge in [0, 0.05) is 19.0 Å². The molecule has 0 aromatic heterocycles. The largest absolute Gasteiger partial charge is 0.371 e. The van der Waals surface area contributed by atoms with E-state index in [9.17, 15) is 5.26 Å². The third kappa shape index (κ3) is 2.56. The molecule has 0 saturated heterocycles. The van der Waals surface area contributed by atoms with Crippen LogP contribution in [0.4, 0.5) is 5.69 Å². The molecule has 0 spiro atoms. The molecule has 0 aliphatic heterocycles. The molecule has 1 saturated carbocycles. The van der Waals surface area contributed by atoms with Crippen molar-refractivity contribution in [3.8, 4) is 6.07 Å². The van der Waals surface area contributed by atoms with E-state index >= 15 is 0 Å². The number of nitriles is 1. The summed E-state index contributed by atoms with van der Waals surface area (Å²) in [5.41, 5.74) is 2.73. The van der Waals surface area contributed by atoms with Gasteiger partial charge in [-0.1, -0.05) is 6.07 Å². The normalized spacial score (nSPS) is 16.4. The summed E-state index contributed by atoms with van der Waals surface area (Å²) in [7, 11) is 2.07. The minimum atomic E-state index is 0.455. The van der Waals surface area contributed by atoms with Crippen LogP contribution in [0.2, 0.25) is 0 Å². The van der Waals surface area contributed by atoms with Crippen LogP contribution in [0.25, 0.3) is 0 Å². The fraction of sp³-hybridized carbons (Fsp3) is 0.500. The van der Waals surface area contributed by atoms with Crippen LogP contribution in [0.5, 0.6) is 0 Å². The first kappa shape index (κ1) is 12.3. The summed E-state index contributed by atoms with van der Waals surface area (Å²) < 4.78 is 0. The fourth-order valence-corrected chi connectivity index (χ4v) is 2.34. The van der Waals surface area contributed by atoms with E-state index in [-0.39, 0.29) is 0 Å². The molecule has 1 atom stereocenters. The molecule has 0 bridgehead atoms. The topological polar surface area (TPSA) is 27.0 Å². The van der Waals surface area contributed by atoms with Crippen LogP contribution in [0, 0.1) is 17.2 Å². The lowest BCUT2D eigenvalue weighted by molar-refractivity contribution is 0.609. The number of halogens is 1. The highest BCUT2D eigenvalue weighted by atomic mass is 35.5. The summed E-state index contributed by atoms with van der Waals surface area (Å²) in [6.07, 6.45) is 2.63. The molecule has 90 valence electrons. The van der Waals surface area contributed by atoms with Crippen LogP contribution in [-0.4, -0.2) is 13.1 Å². The van der Waals surface area contributed by atoms with Gasteiger partial charge in [-0.3, -0.25) is 0 Å². The summed E-state index contributed by atoms with van der Waals surface area (Å²) >= 11 is 5.79. The molecule has 1 aromatic carbocycles. The van der Waals surface area contributed by atoms with Crippen LogP contribution in [0.3, 0.4) is 0 Å². The molecule has 0 amide bonds.